The summed E-state index contributed by atoms with van der Waals surface area (Å²) in [6.07, 6.45) is 0. The van der Waals surface area contributed by atoms with E-state index in [0.29, 0.717) is 0 Å². The lowest BCUT2D eigenvalue weighted by Gasteiger charge is -2.05. The minimum absolute atomic E-state index is 0.818. The second kappa shape index (κ2) is 13.0. The minimum Gasteiger partial charge on any atom is -0.0837 e. The van der Waals surface area contributed by atoms with Crippen LogP contribution in [0.3, 0.4) is 0 Å². The van der Waals surface area contributed by atoms with Gasteiger partial charge in [-0.15, -0.1) is 0 Å². The highest BCUT2D eigenvalue weighted by molar-refractivity contribution is 9.11. The number of benzene rings is 9. The monoisotopic (exact) mass is 724 g/mol. The van der Waals surface area contributed by atoms with Crippen LogP contribution in [0.5, 0.6) is 0 Å². The second-order valence-electron chi connectivity index (χ2n) is 10.9. The van der Waals surface area contributed by atoms with Crippen molar-refractivity contribution in [1.29, 1.82) is 0 Å². The molecule has 0 nitrogen and oxygen atoms in total. The summed E-state index contributed by atoms with van der Waals surface area (Å²) in [6.45, 7) is 0. The molecular formula is C42H27Br2Cl. The van der Waals surface area contributed by atoms with E-state index in [0.717, 1.165) is 14.9 Å². The molecule has 9 aromatic carbocycles. The molecule has 9 rings (SSSR count). The van der Waals surface area contributed by atoms with E-state index in [1.54, 1.807) is 0 Å². The molecule has 0 aliphatic rings. The zero-order chi connectivity index (χ0) is 30.8. The fourth-order valence-corrected chi connectivity index (χ4v) is 7.18. The van der Waals surface area contributed by atoms with Crippen LogP contribution in [0.1, 0.15) is 0 Å². The van der Waals surface area contributed by atoms with Crippen molar-refractivity contribution < 1.29 is 0 Å². The van der Waals surface area contributed by atoms with Gasteiger partial charge in [0.2, 0.25) is 0 Å². The van der Waals surface area contributed by atoms with Crippen molar-refractivity contribution in [1.82, 2.24) is 0 Å². The number of halogens is 3. The zero-order valence-corrected chi connectivity index (χ0v) is 28.2. The average molecular weight is 727 g/mol. The van der Waals surface area contributed by atoms with Crippen LogP contribution in [0.2, 0.25) is 5.02 Å². The molecule has 45 heavy (non-hydrogen) atoms. The lowest BCUT2D eigenvalue weighted by atomic mass is 10.0. The van der Waals surface area contributed by atoms with Crippen LogP contribution in [0.25, 0.3) is 64.6 Å². The smallest absolute Gasteiger partial charge is 0.0484 e. The molecule has 0 fully saturated rings. The highest BCUT2D eigenvalue weighted by Crippen LogP contribution is 2.33. The first-order chi connectivity index (χ1) is 22.0. The van der Waals surface area contributed by atoms with Gasteiger partial charge >= 0.3 is 0 Å². The molecule has 0 amide bonds. The molecule has 0 aliphatic carbocycles. The Morgan fingerprint density at radius 1 is 0.311 bits per heavy atom. The molecule has 0 saturated heterocycles. The summed E-state index contributed by atoms with van der Waals surface area (Å²) in [4.78, 5) is 0. The van der Waals surface area contributed by atoms with Gasteiger partial charge in [0.1, 0.15) is 0 Å². The van der Waals surface area contributed by atoms with Gasteiger partial charge in [0.05, 0.1) is 0 Å². The van der Waals surface area contributed by atoms with Gasteiger partial charge in [-0.25, -0.2) is 0 Å². The van der Waals surface area contributed by atoms with Gasteiger partial charge in [-0.05, 0) is 112 Å². The van der Waals surface area contributed by atoms with Crippen molar-refractivity contribution >= 4 is 108 Å². The largest absolute Gasteiger partial charge is 0.0837 e. The quantitative estimate of drug-likeness (QED) is 0.108. The Kier molecular flexibility index (Phi) is 8.54. The molecule has 9 aromatic rings. The van der Waals surface area contributed by atoms with Gasteiger partial charge in [0, 0.05) is 19.4 Å². The third-order valence-electron chi connectivity index (χ3n) is 8.11. The van der Waals surface area contributed by atoms with Crippen LogP contribution in [0, 0.1) is 0 Å². The van der Waals surface area contributed by atoms with Crippen LogP contribution in [0.4, 0.5) is 0 Å². The number of hydrogen-bond donors (Lipinski definition) is 0. The fraction of sp³-hybridized carbons (Fsp3) is 0. The third-order valence-corrected chi connectivity index (χ3v) is 9.78. The maximum absolute atomic E-state index is 6.16. The summed E-state index contributed by atoms with van der Waals surface area (Å²) < 4.78 is 2.32. The predicted octanol–water partition coefficient (Wildman–Crippen LogP) is 14.2. The average Bonchev–Trinajstić information content (AvgIpc) is 3.08. The number of hydrogen-bond acceptors (Lipinski definition) is 0. The maximum atomic E-state index is 6.16. The zero-order valence-electron chi connectivity index (χ0n) is 24.2. The molecule has 0 bridgehead atoms. The lowest BCUT2D eigenvalue weighted by molar-refractivity contribution is 1.72. The topological polar surface area (TPSA) is 0 Å². The van der Waals surface area contributed by atoms with E-state index in [4.69, 9.17) is 11.6 Å². The first kappa shape index (κ1) is 29.5. The highest BCUT2D eigenvalue weighted by atomic mass is 79.9. The van der Waals surface area contributed by atoms with Gasteiger partial charge in [-0.1, -0.05) is 155 Å². The Labute approximate surface area is 284 Å². The molecule has 0 aliphatic heterocycles. The van der Waals surface area contributed by atoms with E-state index in [-0.39, 0.29) is 0 Å². The van der Waals surface area contributed by atoms with E-state index >= 15 is 0 Å². The van der Waals surface area contributed by atoms with Crippen LogP contribution < -0.4 is 0 Å². The van der Waals surface area contributed by atoms with Crippen molar-refractivity contribution in [2.45, 2.75) is 0 Å². The maximum Gasteiger partial charge on any atom is 0.0484 e. The molecule has 0 radical (unpaired) electrons. The molecule has 0 atom stereocenters. The predicted molar refractivity (Wildman–Crippen MR) is 205 cm³/mol. The van der Waals surface area contributed by atoms with Crippen molar-refractivity contribution in [2.75, 3.05) is 0 Å². The lowest BCUT2D eigenvalue weighted by Crippen LogP contribution is -1.78. The minimum atomic E-state index is 0.818. The van der Waals surface area contributed by atoms with Crippen LogP contribution in [0.15, 0.2) is 173 Å². The van der Waals surface area contributed by atoms with Crippen molar-refractivity contribution in [3.63, 3.8) is 0 Å². The standard InChI is InChI=1S/2C14H9Br.C14H9Cl/c15-14-12-7-3-1-5-10(12)9-11-6-2-4-8-13(11)14;15-12-8-7-11-6-5-10-3-1-2-4-13(10)14(11)9-12;15-14-7-3-6-12-8-10-4-1-2-5-11(10)9-13(12)14/h3*1-9H. The van der Waals surface area contributed by atoms with Gasteiger partial charge in [0.15, 0.2) is 0 Å². The van der Waals surface area contributed by atoms with E-state index in [1.165, 1.54) is 63.7 Å². The summed E-state index contributed by atoms with van der Waals surface area (Å²) in [7, 11) is 0. The Morgan fingerprint density at radius 2 is 0.756 bits per heavy atom. The van der Waals surface area contributed by atoms with E-state index in [9.17, 15) is 0 Å². The van der Waals surface area contributed by atoms with Gasteiger partial charge in [-0.2, -0.15) is 0 Å². The molecule has 0 saturated carbocycles. The number of rotatable bonds is 0. The van der Waals surface area contributed by atoms with Crippen molar-refractivity contribution in [3.8, 4) is 0 Å². The molecule has 0 N–H and O–H groups in total. The van der Waals surface area contributed by atoms with E-state index in [1.807, 2.05) is 18.2 Å². The normalized spacial score (nSPS) is 11.0. The summed E-state index contributed by atoms with van der Waals surface area (Å²) in [5, 5.41) is 15.9. The van der Waals surface area contributed by atoms with Gasteiger partial charge in [0.25, 0.3) is 0 Å². The Hall–Kier alpha value is -4.21. The van der Waals surface area contributed by atoms with Gasteiger partial charge in [-0.3, -0.25) is 0 Å². The summed E-state index contributed by atoms with van der Waals surface area (Å²) in [5.41, 5.74) is 0. The Balaban J connectivity index is 0.000000108. The third kappa shape index (κ3) is 6.19. The molecular weight excluding hydrogens is 700 g/mol. The van der Waals surface area contributed by atoms with E-state index < -0.39 is 0 Å². The van der Waals surface area contributed by atoms with Crippen molar-refractivity contribution in [3.05, 3.63) is 178 Å². The highest BCUT2D eigenvalue weighted by Gasteiger charge is 2.04. The second-order valence-corrected chi connectivity index (χ2v) is 13.1. The van der Waals surface area contributed by atoms with Crippen molar-refractivity contribution in [2.24, 2.45) is 0 Å². The van der Waals surface area contributed by atoms with Crippen LogP contribution in [-0.2, 0) is 0 Å². The molecule has 0 spiro atoms. The fourth-order valence-electron chi connectivity index (χ4n) is 5.86. The van der Waals surface area contributed by atoms with Gasteiger partial charge < -0.3 is 0 Å². The molecule has 0 unspecified atom stereocenters. The van der Waals surface area contributed by atoms with Crippen LogP contribution >= 0.6 is 43.5 Å². The molecule has 216 valence electrons. The molecule has 0 heterocycles. The Bertz CT molecular complexity index is 2400. The molecule has 3 heteroatoms. The summed E-state index contributed by atoms with van der Waals surface area (Å²) >= 11 is 13.4. The summed E-state index contributed by atoms with van der Waals surface area (Å²) in [5.74, 6) is 0. The SMILES string of the molecule is Brc1c2ccccc2cc2ccccc12.Brc1ccc2ccc3ccccc3c2c1.Clc1cccc2cc3ccccc3cc12. The first-order valence-corrected chi connectivity index (χ1v) is 16.7. The van der Waals surface area contributed by atoms with Crippen LogP contribution in [-0.4, -0.2) is 0 Å². The van der Waals surface area contributed by atoms with E-state index in [2.05, 4.69) is 177 Å². The first-order valence-electron chi connectivity index (χ1n) is 14.8. The summed E-state index contributed by atoms with van der Waals surface area (Å²) in [6, 6.07) is 57.0. The Morgan fingerprint density at radius 3 is 1.42 bits per heavy atom. The number of fused-ring (bicyclic) bond motifs is 7. The molecule has 0 aromatic heterocycles.